The van der Waals surface area contributed by atoms with Crippen molar-refractivity contribution in [3.63, 3.8) is 0 Å². The zero-order chi connectivity index (χ0) is 17.1. The van der Waals surface area contributed by atoms with Crippen LogP contribution in [0.3, 0.4) is 0 Å². The number of aromatic nitrogens is 2. The Morgan fingerprint density at radius 3 is 2.67 bits per heavy atom. The van der Waals surface area contributed by atoms with Gasteiger partial charge in [-0.15, -0.1) is 0 Å². The highest BCUT2D eigenvalue weighted by molar-refractivity contribution is 5.24. The smallest absolute Gasteiger partial charge is 0.118 e. The van der Waals surface area contributed by atoms with Crippen molar-refractivity contribution in [1.29, 1.82) is 0 Å². The standard InChI is InChI=1S/C19H29N3O2/c1-5-22-16(4)19(15(3)20-22)13-21(11-17-7-6-10-23-17)12-18-9-8-14(2)24-18/h8-9,17H,5-7,10-13H2,1-4H3. The van der Waals surface area contributed by atoms with E-state index in [2.05, 4.69) is 41.5 Å². The molecule has 1 fully saturated rings. The van der Waals surface area contributed by atoms with Crippen LogP contribution in [-0.4, -0.2) is 33.9 Å². The Morgan fingerprint density at radius 1 is 1.25 bits per heavy atom. The molecule has 0 amide bonds. The molecule has 1 saturated heterocycles. The maximum atomic E-state index is 5.86. The van der Waals surface area contributed by atoms with E-state index in [1.54, 1.807) is 0 Å². The fraction of sp³-hybridized carbons (Fsp3) is 0.632. The summed E-state index contributed by atoms with van der Waals surface area (Å²) in [5.74, 6) is 1.98. The molecule has 3 heterocycles. The van der Waals surface area contributed by atoms with Crippen LogP contribution in [0.1, 0.15) is 48.2 Å². The van der Waals surface area contributed by atoms with E-state index in [0.29, 0.717) is 6.10 Å². The minimum absolute atomic E-state index is 0.336. The second-order valence-electron chi connectivity index (χ2n) is 6.78. The van der Waals surface area contributed by atoms with Crippen LogP contribution in [0, 0.1) is 20.8 Å². The predicted octanol–water partition coefficient (Wildman–Crippen LogP) is 3.60. The first-order valence-electron chi connectivity index (χ1n) is 8.99. The Bertz CT molecular complexity index is 668. The highest BCUT2D eigenvalue weighted by atomic mass is 16.5. The van der Waals surface area contributed by atoms with Crippen LogP contribution in [-0.2, 0) is 24.4 Å². The molecule has 0 radical (unpaired) electrons. The molecule has 2 aromatic rings. The monoisotopic (exact) mass is 331 g/mol. The molecule has 0 saturated carbocycles. The van der Waals surface area contributed by atoms with E-state index in [1.165, 1.54) is 17.7 Å². The topological polar surface area (TPSA) is 43.4 Å². The fourth-order valence-corrected chi connectivity index (χ4v) is 3.55. The van der Waals surface area contributed by atoms with Gasteiger partial charge >= 0.3 is 0 Å². The molecule has 1 aliphatic heterocycles. The molecule has 24 heavy (non-hydrogen) atoms. The lowest BCUT2D eigenvalue weighted by atomic mass is 10.1. The average Bonchev–Trinajstić information content (AvgIpc) is 3.25. The third-order valence-electron chi connectivity index (χ3n) is 4.87. The summed E-state index contributed by atoms with van der Waals surface area (Å²) >= 11 is 0. The fourth-order valence-electron chi connectivity index (χ4n) is 3.55. The number of rotatable bonds is 7. The van der Waals surface area contributed by atoms with Crippen molar-refractivity contribution in [2.45, 2.75) is 66.3 Å². The molecule has 1 aliphatic rings. The van der Waals surface area contributed by atoms with E-state index in [4.69, 9.17) is 9.15 Å². The Labute approximate surface area is 144 Å². The summed E-state index contributed by atoms with van der Waals surface area (Å²) in [6, 6.07) is 4.11. The highest BCUT2D eigenvalue weighted by Gasteiger charge is 2.22. The van der Waals surface area contributed by atoms with E-state index in [9.17, 15) is 0 Å². The third kappa shape index (κ3) is 3.90. The lowest BCUT2D eigenvalue weighted by Gasteiger charge is -2.24. The van der Waals surface area contributed by atoms with Crippen molar-refractivity contribution in [3.05, 3.63) is 40.6 Å². The van der Waals surface area contributed by atoms with Gasteiger partial charge in [-0.25, -0.2) is 0 Å². The number of hydrogen-bond donors (Lipinski definition) is 0. The zero-order valence-electron chi connectivity index (χ0n) is 15.3. The van der Waals surface area contributed by atoms with Gasteiger partial charge in [0.1, 0.15) is 11.5 Å². The molecule has 132 valence electrons. The number of ether oxygens (including phenoxy) is 1. The summed E-state index contributed by atoms with van der Waals surface area (Å²) in [4.78, 5) is 2.44. The predicted molar refractivity (Wildman–Crippen MR) is 93.9 cm³/mol. The molecule has 1 atom stereocenters. The molecular formula is C19H29N3O2. The zero-order valence-corrected chi connectivity index (χ0v) is 15.3. The SMILES string of the molecule is CCn1nc(C)c(CN(Cc2ccc(C)o2)CC2CCCO2)c1C. The summed E-state index contributed by atoms with van der Waals surface area (Å²) in [7, 11) is 0. The first-order chi connectivity index (χ1) is 11.6. The van der Waals surface area contributed by atoms with Gasteiger partial charge < -0.3 is 9.15 Å². The largest absolute Gasteiger partial charge is 0.465 e. The molecule has 0 aromatic carbocycles. The highest BCUT2D eigenvalue weighted by Crippen LogP contribution is 2.21. The van der Waals surface area contributed by atoms with Crippen LogP contribution < -0.4 is 0 Å². The Morgan fingerprint density at radius 2 is 2.08 bits per heavy atom. The van der Waals surface area contributed by atoms with Crippen molar-refractivity contribution in [2.24, 2.45) is 0 Å². The second-order valence-corrected chi connectivity index (χ2v) is 6.78. The third-order valence-corrected chi connectivity index (χ3v) is 4.87. The molecule has 5 heteroatoms. The van der Waals surface area contributed by atoms with Gasteiger partial charge in [-0.05, 0) is 52.7 Å². The number of furan rings is 1. The van der Waals surface area contributed by atoms with Crippen LogP contribution in [0.25, 0.3) is 0 Å². The van der Waals surface area contributed by atoms with Gasteiger partial charge in [0.2, 0.25) is 0 Å². The molecule has 1 unspecified atom stereocenters. The van der Waals surface area contributed by atoms with Crippen molar-refractivity contribution >= 4 is 0 Å². The first-order valence-corrected chi connectivity index (χ1v) is 8.99. The van der Waals surface area contributed by atoms with Gasteiger partial charge in [0, 0.05) is 37.5 Å². The van der Waals surface area contributed by atoms with Crippen LogP contribution in [0.2, 0.25) is 0 Å². The van der Waals surface area contributed by atoms with Gasteiger partial charge in [-0.1, -0.05) is 0 Å². The molecule has 2 aromatic heterocycles. The van der Waals surface area contributed by atoms with Crippen LogP contribution in [0.4, 0.5) is 0 Å². The van der Waals surface area contributed by atoms with Crippen LogP contribution in [0.15, 0.2) is 16.5 Å². The van der Waals surface area contributed by atoms with Crippen molar-refractivity contribution < 1.29 is 9.15 Å². The summed E-state index contributed by atoms with van der Waals surface area (Å²) < 4.78 is 13.7. The van der Waals surface area contributed by atoms with Crippen molar-refractivity contribution in [2.75, 3.05) is 13.2 Å². The maximum absolute atomic E-state index is 5.86. The minimum Gasteiger partial charge on any atom is -0.465 e. The molecule has 0 spiro atoms. The lowest BCUT2D eigenvalue weighted by molar-refractivity contribution is 0.0652. The van der Waals surface area contributed by atoms with Crippen molar-refractivity contribution in [3.8, 4) is 0 Å². The summed E-state index contributed by atoms with van der Waals surface area (Å²) in [6.07, 6.45) is 2.66. The summed E-state index contributed by atoms with van der Waals surface area (Å²) in [6.45, 7) is 12.8. The quantitative estimate of drug-likeness (QED) is 0.777. The lowest BCUT2D eigenvalue weighted by Crippen LogP contribution is -2.31. The van der Waals surface area contributed by atoms with Gasteiger partial charge in [0.15, 0.2) is 0 Å². The molecule has 0 bridgehead atoms. The van der Waals surface area contributed by atoms with Gasteiger partial charge in [0.05, 0.1) is 18.3 Å². The maximum Gasteiger partial charge on any atom is 0.118 e. The normalized spacial score (nSPS) is 18.0. The Balaban J connectivity index is 1.76. The number of nitrogens with zero attached hydrogens (tertiary/aromatic N) is 3. The van der Waals surface area contributed by atoms with E-state index >= 15 is 0 Å². The molecule has 5 nitrogen and oxygen atoms in total. The summed E-state index contributed by atoms with van der Waals surface area (Å²) in [5.41, 5.74) is 3.73. The Kier molecular flexibility index (Phi) is 5.41. The average molecular weight is 331 g/mol. The molecular weight excluding hydrogens is 302 g/mol. The van der Waals surface area contributed by atoms with Crippen LogP contribution >= 0.6 is 0 Å². The van der Waals surface area contributed by atoms with E-state index in [1.807, 2.05) is 13.0 Å². The van der Waals surface area contributed by atoms with Crippen molar-refractivity contribution in [1.82, 2.24) is 14.7 Å². The van der Waals surface area contributed by atoms with Gasteiger partial charge in [0.25, 0.3) is 0 Å². The van der Waals surface area contributed by atoms with Crippen LogP contribution in [0.5, 0.6) is 0 Å². The number of hydrogen-bond acceptors (Lipinski definition) is 4. The first kappa shape index (κ1) is 17.2. The van der Waals surface area contributed by atoms with E-state index in [-0.39, 0.29) is 0 Å². The van der Waals surface area contributed by atoms with Gasteiger partial charge in [-0.2, -0.15) is 5.10 Å². The van der Waals surface area contributed by atoms with E-state index in [0.717, 1.165) is 56.4 Å². The Hall–Kier alpha value is -1.59. The van der Waals surface area contributed by atoms with Gasteiger partial charge in [-0.3, -0.25) is 9.58 Å². The summed E-state index contributed by atoms with van der Waals surface area (Å²) in [5, 5.41) is 4.66. The molecule has 0 aliphatic carbocycles. The molecule has 0 N–H and O–H groups in total. The second kappa shape index (κ2) is 7.53. The minimum atomic E-state index is 0.336. The number of aryl methyl sites for hydroxylation is 3. The van der Waals surface area contributed by atoms with E-state index < -0.39 is 0 Å². The molecule has 3 rings (SSSR count).